The van der Waals surface area contributed by atoms with Crippen LogP contribution in [0.2, 0.25) is 0 Å². The number of rotatable bonds is 5. The van der Waals surface area contributed by atoms with Crippen molar-refractivity contribution in [2.75, 3.05) is 10.6 Å². The molecule has 3 aromatic rings. The molecule has 0 aliphatic rings. The molecule has 1 heterocycles. The molecular weight excluding hydrogens is 352 g/mol. The lowest BCUT2D eigenvalue weighted by Crippen LogP contribution is -2.16. The minimum absolute atomic E-state index is 0.218. The van der Waals surface area contributed by atoms with Gasteiger partial charge in [-0.2, -0.15) is 0 Å². The number of aryl methyl sites for hydroxylation is 2. The predicted octanol–water partition coefficient (Wildman–Crippen LogP) is 5.52. The Morgan fingerprint density at radius 3 is 2.36 bits per heavy atom. The third-order valence-corrected chi connectivity index (χ3v) is 4.66. The summed E-state index contributed by atoms with van der Waals surface area (Å²) >= 11 is 0. The Bertz CT molecular complexity index is 1000. The number of carbonyl (C=O) groups excluding carboxylic acids is 2. The lowest BCUT2D eigenvalue weighted by atomic mass is 9.98. The van der Waals surface area contributed by atoms with E-state index in [0.717, 1.165) is 22.4 Å². The zero-order valence-electron chi connectivity index (χ0n) is 16.5. The Balaban J connectivity index is 1.85. The summed E-state index contributed by atoms with van der Waals surface area (Å²) in [6, 6.07) is 14.5. The van der Waals surface area contributed by atoms with Crippen molar-refractivity contribution in [3.63, 3.8) is 0 Å². The maximum Gasteiger partial charge on any atom is 0.291 e. The van der Waals surface area contributed by atoms with Crippen LogP contribution in [0.4, 0.5) is 11.4 Å². The summed E-state index contributed by atoms with van der Waals surface area (Å²) in [6.45, 7) is 8.04. The molecule has 5 nitrogen and oxygen atoms in total. The van der Waals surface area contributed by atoms with E-state index in [0.29, 0.717) is 11.3 Å². The van der Waals surface area contributed by atoms with Crippen molar-refractivity contribution in [3.05, 3.63) is 82.8 Å². The molecule has 0 aliphatic carbocycles. The normalized spacial score (nSPS) is 10.8. The van der Waals surface area contributed by atoms with Gasteiger partial charge < -0.3 is 15.1 Å². The highest BCUT2D eigenvalue weighted by Crippen LogP contribution is 2.28. The topological polar surface area (TPSA) is 71.3 Å². The zero-order chi connectivity index (χ0) is 20.3. The van der Waals surface area contributed by atoms with Gasteiger partial charge in [0.25, 0.3) is 11.8 Å². The molecule has 0 fully saturated rings. The van der Waals surface area contributed by atoms with E-state index in [4.69, 9.17) is 4.42 Å². The fraction of sp³-hybridized carbons (Fsp3) is 0.217. The van der Waals surface area contributed by atoms with Crippen molar-refractivity contribution < 1.29 is 14.0 Å². The highest BCUT2D eigenvalue weighted by molar-refractivity contribution is 6.07. The Morgan fingerprint density at radius 2 is 1.68 bits per heavy atom. The number of hydrogen-bond acceptors (Lipinski definition) is 3. The standard InChI is InChI=1S/C23H24N2O3/c1-14(2)18-8-5-7-16(4)21(18)25-22(26)17-11-10-15(3)19(13-17)24-23(27)20-9-6-12-28-20/h5-14H,1-4H3,(H,24,27)(H,25,26). The minimum Gasteiger partial charge on any atom is -0.459 e. The Labute approximate surface area is 164 Å². The van der Waals surface area contributed by atoms with E-state index in [9.17, 15) is 9.59 Å². The van der Waals surface area contributed by atoms with Crippen LogP contribution in [0.25, 0.3) is 0 Å². The Kier molecular flexibility index (Phi) is 5.64. The average Bonchev–Trinajstić information content (AvgIpc) is 3.19. The predicted molar refractivity (Wildman–Crippen MR) is 111 cm³/mol. The number of benzene rings is 2. The van der Waals surface area contributed by atoms with Crippen LogP contribution < -0.4 is 10.6 Å². The second-order valence-electron chi connectivity index (χ2n) is 7.11. The number of carbonyl (C=O) groups is 2. The second kappa shape index (κ2) is 8.13. The molecule has 0 radical (unpaired) electrons. The monoisotopic (exact) mass is 376 g/mol. The first-order chi connectivity index (χ1) is 13.4. The molecule has 0 atom stereocenters. The van der Waals surface area contributed by atoms with Gasteiger partial charge in [0, 0.05) is 16.9 Å². The molecule has 5 heteroatoms. The molecule has 0 saturated heterocycles. The van der Waals surface area contributed by atoms with Crippen LogP contribution in [0, 0.1) is 13.8 Å². The largest absolute Gasteiger partial charge is 0.459 e. The minimum atomic E-state index is -0.355. The van der Waals surface area contributed by atoms with E-state index in [1.54, 1.807) is 24.3 Å². The molecule has 144 valence electrons. The van der Waals surface area contributed by atoms with Crippen LogP contribution in [-0.4, -0.2) is 11.8 Å². The van der Waals surface area contributed by atoms with Crippen molar-refractivity contribution in [1.29, 1.82) is 0 Å². The van der Waals surface area contributed by atoms with Crippen molar-refractivity contribution in [3.8, 4) is 0 Å². The van der Waals surface area contributed by atoms with Crippen LogP contribution in [0.15, 0.2) is 59.2 Å². The summed E-state index contributed by atoms with van der Waals surface area (Å²) in [5.74, 6) is -0.0662. The number of anilines is 2. The lowest BCUT2D eigenvalue weighted by Gasteiger charge is -2.17. The summed E-state index contributed by atoms with van der Waals surface area (Å²) in [5, 5.41) is 5.83. The van der Waals surface area contributed by atoms with E-state index in [-0.39, 0.29) is 23.5 Å². The fourth-order valence-corrected chi connectivity index (χ4v) is 3.02. The zero-order valence-corrected chi connectivity index (χ0v) is 16.5. The fourth-order valence-electron chi connectivity index (χ4n) is 3.02. The van der Waals surface area contributed by atoms with Crippen LogP contribution in [0.5, 0.6) is 0 Å². The van der Waals surface area contributed by atoms with Crippen LogP contribution in [0.3, 0.4) is 0 Å². The van der Waals surface area contributed by atoms with Crippen LogP contribution in [-0.2, 0) is 0 Å². The molecule has 3 rings (SSSR count). The highest BCUT2D eigenvalue weighted by Gasteiger charge is 2.16. The van der Waals surface area contributed by atoms with Gasteiger partial charge in [-0.25, -0.2) is 0 Å². The van der Waals surface area contributed by atoms with Crippen molar-refractivity contribution in [1.82, 2.24) is 0 Å². The molecule has 2 aromatic carbocycles. The highest BCUT2D eigenvalue weighted by atomic mass is 16.3. The summed E-state index contributed by atoms with van der Waals surface area (Å²) in [7, 11) is 0. The number of furan rings is 1. The summed E-state index contributed by atoms with van der Waals surface area (Å²) < 4.78 is 5.12. The number of para-hydroxylation sites is 1. The van der Waals surface area contributed by atoms with E-state index in [1.807, 2.05) is 38.1 Å². The molecule has 2 amide bonds. The molecule has 0 spiro atoms. The molecular formula is C23H24N2O3. The van der Waals surface area contributed by atoms with Crippen LogP contribution in [0.1, 0.15) is 57.4 Å². The average molecular weight is 376 g/mol. The maximum atomic E-state index is 12.9. The second-order valence-corrected chi connectivity index (χ2v) is 7.11. The first kappa shape index (κ1) is 19.4. The van der Waals surface area contributed by atoms with E-state index in [1.165, 1.54) is 6.26 Å². The first-order valence-electron chi connectivity index (χ1n) is 9.23. The van der Waals surface area contributed by atoms with E-state index < -0.39 is 0 Å². The van der Waals surface area contributed by atoms with Crippen LogP contribution >= 0.6 is 0 Å². The molecule has 0 saturated carbocycles. The van der Waals surface area contributed by atoms with Gasteiger partial charge in [0.05, 0.1) is 6.26 Å². The SMILES string of the molecule is Cc1ccc(C(=O)Nc2c(C)cccc2C(C)C)cc1NC(=O)c1ccco1. The lowest BCUT2D eigenvalue weighted by molar-refractivity contribution is 0.0993. The Hall–Kier alpha value is -3.34. The molecule has 28 heavy (non-hydrogen) atoms. The molecule has 2 N–H and O–H groups in total. The van der Waals surface area contributed by atoms with Gasteiger partial charge in [-0.15, -0.1) is 0 Å². The van der Waals surface area contributed by atoms with E-state index in [2.05, 4.69) is 24.5 Å². The summed E-state index contributed by atoms with van der Waals surface area (Å²) in [4.78, 5) is 25.1. The van der Waals surface area contributed by atoms with Gasteiger partial charge >= 0.3 is 0 Å². The van der Waals surface area contributed by atoms with Crippen molar-refractivity contribution >= 4 is 23.2 Å². The molecule has 0 aliphatic heterocycles. The number of hydrogen-bond donors (Lipinski definition) is 2. The van der Waals surface area contributed by atoms with Crippen molar-refractivity contribution in [2.45, 2.75) is 33.6 Å². The third-order valence-electron chi connectivity index (χ3n) is 4.66. The van der Waals surface area contributed by atoms with Gasteiger partial charge in [0.15, 0.2) is 5.76 Å². The van der Waals surface area contributed by atoms with Gasteiger partial charge in [0.1, 0.15) is 0 Å². The molecule has 0 bridgehead atoms. The smallest absolute Gasteiger partial charge is 0.291 e. The summed E-state index contributed by atoms with van der Waals surface area (Å²) in [5.41, 5.74) is 4.84. The summed E-state index contributed by atoms with van der Waals surface area (Å²) in [6.07, 6.45) is 1.44. The quantitative estimate of drug-likeness (QED) is 0.615. The molecule has 1 aromatic heterocycles. The van der Waals surface area contributed by atoms with E-state index >= 15 is 0 Å². The van der Waals surface area contributed by atoms with Gasteiger partial charge in [-0.05, 0) is 60.7 Å². The van der Waals surface area contributed by atoms with Gasteiger partial charge in [-0.3, -0.25) is 9.59 Å². The van der Waals surface area contributed by atoms with Gasteiger partial charge in [-0.1, -0.05) is 38.1 Å². The van der Waals surface area contributed by atoms with Gasteiger partial charge in [0.2, 0.25) is 0 Å². The first-order valence-corrected chi connectivity index (χ1v) is 9.23. The maximum absolute atomic E-state index is 12.9. The Morgan fingerprint density at radius 1 is 0.893 bits per heavy atom. The number of nitrogens with one attached hydrogen (secondary N) is 2. The molecule has 0 unspecified atom stereocenters. The van der Waals surface area contributed by atoms with Crippen molar-refractivity contribution in [2.24, 2.45) is 0 Å². The number of amides is 2. The third kappa shape index (κ3) is 4.14.